The molecule has 1 aliphatic carbocycles. The molecule has 0 spiro atoms. The van der Waals surface area contributed by atoms with Gasteiger partial charge in [0.1, 0.15) is 12.1 Å². The smallest absolute Gasteiger partial charge is 0.182 e. The molecule has 7 nitrogen and oxygen atoms in total. The van der Waals surface area contributed by atoms with Crippen LogP contribution in [0.2, 0.25) is 5.02 Å². The van der Waals surface area contributed by atoms with Gasteiger partial charge >= 0.3 is 0 Å². The average molecular weight is 411 g/mol. The molecule has 2 aromatic heterocycles. The van der Waals surface area contributed by atoms with Gasteiger partial charge in [0.2, 0.25) is 0 Å². The highest BCUT2D eigenvalue weighted by molar-refractivity contribution is 6.31. The molecule has 0 amide bonds. The van der Waals surface area contributed by atoms with E-state index in [9.17, 15) is 5.11 Å². The normalized spacial score (nSPS) is 22.1. The summed E-state index contributed by atoms with van der Waals surface area (Å²) in [5.74, 6) is 1.56. The molecular weight excluding hydrogens is 392 g/mol. The van der Waals surface area contributed by atoms with E-state index in [1.165, 1.54) is 6.33 Å². The van der Waals surface area contributed by atoms with Crippen molar-refractivity contribution in [1.29, 1.82) is 0 Å². The summed E-state index contributed by atoms with van der Waals surface area (Å²) >= 11 is 6.45. The van der Waals surface area contributed by atoms with Gasteiger partial charge in [-0.2, -0.15) is 0 Å². The molecule has 8 heteroatoms. The number of halogens is 1. The van der Waals surface area contributed by atoms with Crippen LogP contribution >= 0.6 is 11.6 Å². The van der Waals surface area contributed by atoms with E-state index in [1.54, 1.807) is 0 Å². The second kappa shape index (κ2) is 6.52. The molecule has 3 aliphatic rings. The predicted molar refractivity (Wildman–Crippen MR) is 105 cm³/mol. The van der Waals surface area contributed by atoms with Crippen LogP contribution in [-0.2, 0) is 25.8 Å². The van der Waals surface area contributed by atoms with Crippen LogP contribution in [0.25, 0.3) is 11.3 Å². The summed E-state index contributed by atoms with van der Waals surface area (Å²) in [5, 5.41) is 18.5. The van der Waals surface area contributed by atoms with Crippen LogP contribution < -0.4 is 10.1 Å². The zero-order valence-corrected chi connectivity index (χ0v) is 16.4. The van der Waals surface area contributed by atoms with Crippen LogP contribution in [0.4, 0.5) is 0 Å². The number of aliphatic hydroxyl groups is 1. The molecule has 0 saturated heterocycles. The van der Waals surface area contributed by atoms with E-state index in [0.29, 0.717) is 23.6 Å². The molecule has 0 radical (unpaired) electrons. The SMILES string of the molecule is OC1CCc2c(-c3cc(Cl)cc4c3O[C@@H](c3onc5c3CNCC5)C4)ncnc21. The van der Waals surface area contributed by atoms with E-state index >= 15 is 0 Å². The van der Waals surface area contributed by atoms with Crippen molar-refractivity contribution < 1.29 is 14.4 Å². The van der Waals surface area contributed by atoms with E-state index in [0.717, 1.165) is 71.1 Å². The Kier molecular flexibility index (Phi) is 3.91. The third kappa shape index (κ3) is 2.68. The van der Waals surface area contributed by atoms with Crippen molar-refractivity contribution in [2.45, 2.75) is 44.4 Å². The minimum atomic E-state index is -0.541. The van der Waals surface area contributed by atoms with Crippen molar-refractivity contribution in [2.75, 3.05) is 6.54 Å². The van der Waals surface area contributed by atoms with E-state index in [1.807, 2.05) is 12.1 Å². The van der Waals surface area contributed by atoms with Crippen molar-refractivity contribution in [2.24, 2.45) is 0 Å². The summed E-state index contributed by atoms with van der Waals surface area (Å²) in [4.78, 5) is 8.81. The molecule has 0 bridgehead atoms. The topological polar surface area (TPSA) is 93.3 Å². The molecule has 4 heterocycles. The Morgan fingerprint density at radius 3 is 3.03 bits per heavy atom. The maximum Gasteiger partial charge on any atom is 0.182 e. The van der Waals surface area contributed by atoms with E-state index in [4.69, 9.17) is 20.9 Å². The van der Waals surface area contributed by atoms with Gasteiger partial charge in [0.05, 0.1) is 23.2 Å². The number of rotatable bonds is 2. The van der Waals surface area contributed by atoms with Crippen LogP contribution in [0.1, 0.15) is 52.5 Å². The maximum absolute atomic E-state index is 10.2. The number of aromatic nitrogens is 3. The number of hydrogen-bond donors (Lipinski definition) is 2. The van der Waals surface area contributed by atoms with Crippen LogP contribution in [-0.4, -0.2) is 26.8 Å². The minimum absolute atomic E-state index is 0.237. The zero-order valence-electron chi connectivity index (χ0n) is 15.6. The van der Waals surface area contributed by atoms with Gasteiger partial charge in [-0.05, 0) is 25.0 Å². The summed E-state index contributed by atoms with van der Waals surface area (Å²) in [6.45, 7) is 1.66. The maximum atomic E-state index is 10.2. The minimum Gasteiger partial charge on any atom is -0.481 e. The van der Waals surface area contributed by atoms with E-state index in [-0.39, 0.29) is 6.10 Å². The van der Waals surface area contributed by atoms with Crippen molar-refractivity contribution in [3.8, 4) is 17.0 Å². The lowest BCUT2D eigenvalue weighted by Crippen LogP contribution is -2.24. The fraction of sp³-hybridized carbons (Fsp3) is 0.381. The van der Waals surface area contributed by atoms with Gasteiger partial charge in [0, 0.05) is 53.2 Å². The van der Waals surface area contributed by atoms with Crippen molar-refractivity contribution in [1.82, 2.24) is 20.4 Å². The van der Waals surface area contributed by atoms with E-state index < -0.39 is 6.10 Å². The number of fused-ring (bicyclic) bond motifs is 3. The summed E-state index contributed by atoms with van der Waals surface area (Å²) in [5.41, 5.74) is 6.44. The highest BCUT2D eigenvalue weighted by Crippen LogP contribution is 2.47. The van der Waals surface area contributed by atoms with Gasteiger partial charge in [0.25, 0.3) is 0 Å². The highest BCUT2D eigenvalue weighted by atomic mass is 35.5. The first kappa shape index (κ1) is 17.4. The Labute approximate surface area is 172 Å². The monoisotopic (exact) mass is 410 g/mol. The molecule has 1 aromatic carbocycles. The van der Waals surface area contributed by atoms with Gasteiger partial charge in [0.15, 0.2) is 11.9 Å². The number of aliphatic hydroxyl groups excluding tert-OH is 1. The average Bonchev–Trinajstić information content (AvgIpc) is 3.43. The Bertz CT molecular complexity index is 1130. The third-order valence-electron chi connectivity index (χ3n) is 6.05. The lowest BCUT2D eigenvalue weighted by atomic mass is 9.99. The molecule has 1 unspecified atom stereocenters. The van der Waals surface area contributed by atoms with Gasteiger partial charge in [-0.3, -0.25) is 0 Å². The zero-order chi connectivity index (χ0) is 19.5. The number of benzene rings is 1. The first-order chi connectivity index (χ1) is 14.2. The van der Waals surface area contributed by atoms with Crippen LogP contribution in [0.3, 0.4) is 0 Å². The van der Waals surface area contributed by atoms with Crippen molar-refractivity contribution in [3.05, 3.63) is 57.3 Å². The second-order valence-electron chi connectivity index (χ2n) is 7.79. The standard InChI is InChI=1S/C21H19ClN4O3/c22-11-5-10-6-17(21-14-8-23-4-3-15(14)26-29-21)28-20(10)13(7-11)18-12-1-2-16(27)19(12)25-9-24-18/h5,7,9,16-17,23,27H,1-4,6,8H2/t16?,17-/m1/s1. The lowest BCUT2D eigenvalue weighted by molar-refractivity contribution is 0.175. The largest absolute Gasteiger partial charge is 0.481 e. The molecule has 3 aromatic rings. The molecule has 29 heavy (non-hydrogen) atoms. The molecule has 0 saturated carbocycles. The summed E-state index contributed by atoms with van der Waals surface area (Å²) in [7, 11) is 0. The molecule has 6 rings (SSSR count). The Morgan fingerprint density at radius 1 is 1.17 bits per heavy atom. The summed E-state index contributed by atoms with van der Waals surface area (Å²) in [6, 6.07) is 3.82. The first-order valence-corrected chi connectivity index (χ1v) is 10.3. The van der Waals surface area contributed by atoms with Gasteiger partial charge < -0.3 is 19.7 Å². The summed E-state index contributed by atoms with van der Waals surface area (Å²) < 4.78 is 12.1. The molecule has 148 valence electrons. The Hall–Kier alpha value is -2.48. The second-order valence-corrected chi connectivity index (χ2v) is 8.23. The number of nitrogens with zero attached hydrogens (tertiary/aromatic N) is 3. The van der Waals surface area contributed by atoms with Crippen molar-refractivity contribution in [3.63, 3.8) is 0 Å². The fourth-order valence-electron chi connectivity index (χ4n) is 4.67. The number of nitrogens with one attached hydrogen (secondary N) is 1. The Morgan fingerprint density at radius 2 is 2.10 bits per heavy atom. The molecule has 2 N–H and O–H groups in total. The molecule has 2 aliphatic heterocycles. The number of ether oxygens (including phenoxy) is 1. The van der Waals surface area contributed by atoms with Crippen LogP contribution in [0, 0.1) is 0 Å². The molecule has 0 fully saturated rings. The predicted octanol–water partition coefficient (Wildman–Crippen LogP) is 3.09. The van der Waals surface area contributed by atoms with Crippen molar-refractivity contribution >= 4 is 11.6 Å². The third-order valence-corrected chi connectivity index (χ3v) is 6.26. The molecule has 2 atom stereocenters. The van der Waals surface area contributed by atoms with E-state index in [2.05, 4.69) is 20.4 Å². The van der Waals surface area contributed by atoms with Gasteiger partial charge in [-0.15, -0.1) is 0 Å². The first-order valence-electron chi connectivity index (χ1n) is 9.88. The van der Waals surface area contributed by atoms with Crippen LogP contribution in [0.5, 0.6) is 5.75 Å². The van der Waals surface area contributed by atoms with Crippen LogP contribution in [0.15, 0.2) is 23.0 Å². The lowest BCUT2D eigenvalue weighted by Gasteiger charge is -2.15. The van der Waals surface area contributed by atoms with Gasteiger partial charge in [-0.1, -0.05) is 16.8 Å². The fourth-order valence-corrected chi connectivity index (χ4v) is 4.91. The highest BCUT2D eigenvalue weighted by Gasteiger charge is 2.35. The summed E-state index contributed by atoms with van der Waals surface area (Å²) in [6.07, 6.45) is 3.65. The Balaban J connectivity index is 1.43. The number of hydrogen-bond acceptors (Lipinski definition) is 7. The molecular formula is C21H19ClN4O3. The van der Waals surface area contributed by atoms with Gasteiger partial charge in [-0.25, -0.2) is 9.97 Å². The quantitative estimate of drug-likeness (QED) is 0.670.